The molecule has 0 aliphatic carbocycles. The van der Waals surface area contributed by atoms with Crippen molar-refractivity contribution >= 4 is 27.4 Å². The van der Waals surface area contributed by atoms with Crippen molar-refractivity contribution in [2.75, 3.05) is 5.73 Å². The summed E-state index contributed by atoms with van der Waals surface area (Å²) < 4.78 is 32.0. The summed E-state index contributed by atoms with van der Waals surface area (Å²) >= 11 is 5.57. The van der Waals surface area contributed by atoms with Crippen molar-refractivity contribution in [1.29, 1.82) is 0 Å². The standard InChI is InChI=1S/C7H8ClNO3S.Na/c1-4-2-5(8)3-6(7(4)9)13(10,11)12;/h2-3H,9H2,1H3,(H,10,11,12);/q;+1/p-1. The molecular weight excluding hydrogens is 237 g/mol. The first-order chi connectivity index (χ1) is 5.82. The van der Waals surface area contributed by atoms with E-state index in [4.69, 9.17) is 17.3 Å². The molecule has 1 aromatic rings. The van der Waals surface area contributed by atoms with E-state index < -0.39 is 15.0 Å². The summed E-state index contributed by atoms with van der Waals surface area (Å²) in [5.41, 5.74) is 5.83. The second-order valence-electron chi connectivity index (χ2n) is 2.59. The fourth-order valence-corrected chi connectivity index (χ4v) is 1.97. The van der Waals surface area contributed by atoms with Crippen molar-refractivity contribution in [1.82, 2.24) is 0 Å². The number of halogens is 1. The molecule has 7 heteroatoms. The third-order valence-corrected chi connectivity index (χ3v) is 2.68. The maximum atomic E-state index is 10.7. The second kappa shape index (κ2) is 4.83. The molecule has 0 radical (unpaired) electrons. The van der Waals surface area contributed by atoms with Gasteiger partial charge >= 0.3 is 29.6 Å². The quantitative estimate of drug-likeness (QED) is 0.356. The summed E-state index contributed by atoms with van der Waals surface area (Å²) in [5.74, 6) is 0. The zero-order valence-electron chi connectivity index (χ0n) is 7.74. The zero-order chi connectivity index (χ0) is 10.2. The minimum atomic E-state index is -4.54. The SMILES string of the molecule is Cc1cc(Cl)cc(S(=O)(=O)[O-])c1N.[Na+]. The number of nitrogen functional groups attached to an aromatic ring is 1. The summed E-state index contributed by atoms with van der Waals surface area (Å²) in [6.45, 7) is 1.58. The first-order valence-electron chi connectivity index (χ1n) is 3.34. The molecule has 0 aliphatic heterocycles. The molecule has 0 atom stereocenters. The number of nitrogens with two attached hydrogens (primary N) is 1. The van der Waals surface area contributed by atoms with E-state index in [1.165, 1.54) is 6.07 Å². The minimum Gasteiger partial charge on any atom is -0.744 e. The van der Waals surface area contributed by atoms with Gasteiger partial charge in [-0.05, 0) is 24.6 Å². The van der Waals surface area contributed by atoms with E-state index in [-0.39, 0.29) is 40.3 Å². The Morgan fingerprint density at radius 3 is 2.36 bits per heavy atom. The zero-order valence-corrected chi connectivity index (χ0v) is 11.3. The molecule has 0 aromatic heterocycles. The van der Waals surface area contributed by atoms with Gasteiger partial charge < -0.3 is 10.3 Å². The van der Waals surface area contributed by atoms with E-state index in [1.54, 1.807) is 6.92 Å². The smallest absolute Gasteiger partial charge is 0.744 e. The summed E-state index contributed by atoms with van der Waals surface area (Å²) in [7, 11) is -4.54. The van der Waals surface area contributed by atoms with E-state index in [2.05, 4.69) is 0 Å². The molecule has 2 N–H and O–H groups in total. The van der Waals surface area contributed by atoms with Crippen LogP contribution in [0.25, 0.3) is 0 Å². The molecule has 0 spiro atoms. The van der Waals surface area contributed by atoms with E-state index >= 15 is 0 Å². The van der Waals surface area contributed by atoms with Gasteiger partial charge in [-0.15, -0.1) is 0 Å². The van der Waals surface area contributed by atoms with Gasteiger partial charge in [0.05, 0.1) is 10.6 Å². The maximum Gasteiger partial charge on any atom is 1.00 e. The molecule has 1 aromatic carbocycles. The number of hydrogen-bond donors (Lipinski definition) is 1. The van der Waals surface area contributed by atoms with Crippen LogP contribution < -0.4 is 35.3 Å². The molecule has 0 amide bonds. The summed E-state index contributed by atoms with van der Waals surface area (Å²) in [5, 5.41) is 0.182. The van der Waals surface area contributed by atoms with Gasteiger partial charge in [-0.3, -0.25) is 0 Å². The van der Waals surface area contributed by atoms with Crippen LogP contribution >= 0.6 is 11.6 Å². The van der Waals surface area contributed by atoms with Crippen molar-refractivity contribution in [3.05, 3.63) is 22.7 Å². The molecular formula is C7H7ClNNaO3S. The molecule has 0 unspecified atom stereocenters. The van der Waals surface area contributed by atoms with Gasteiger partial charge in [0, 0.05) is 5.02 Å². The van der Waals surface area contributed by atoms with E-state index in [9.17, 15) is 13.0 Å². The Morgan fingerprint density at radius 2 is 1.93 bits per heavy atom. The number of hydrogen-bond acceptors (Lipinski definition) is 4. The normalized spacial score (nSPS) is 10.8. The number of rotatable bonds is 1. The Balaban J connectivity index is 0.00000169. The Bertz CT molecular complexity index is 446. The summed E-state index contributed by atoms with van der Waals surface area (Å²) in [6, 6.07) is 2.54. The largest absolute Gasteiger partial charge is 1.00 e. The predicted molar refractivity (Wildman–Crippen MR) is 48.6 cm³/mol. The Morgan fingerprint density at radius 1 is 1.43 bits per heavy atom. The van der Waals surface area contributed by atoms with E-state index in [0.717, 1.165) is 6.07 Å². The van der Waals surface area contributed by atoms with Crippen molar-refractivity contribution in [2.24, 2.45) is 0 Å². The van der Waals surface area contributed by atoms with E-state index in [1.807, 2.05) is 0 Å². The number of benzene rings is 1. The van der Waals surface area contributed by atoms with Crippen LogP contribution in [0.2, 0.25) is 5.02 Å². The summed E-state index contributed by atoms with van der Waals surface area (Å²) in [6.07, 6.45) is 0. The molecule has 4 nitrogen and oxygen atoms in total. The maximum absolute atomic E-state index is 10.7. The summed E-state index contributed by atoms with van der Waals surface area (Å²) in [4.78, 5) is -0.461. The van der Waals surface area contributed by atoms with Gasteiger partial charge in [0.1, 0.15) is 10.1 Å². The monoisotopic (exact) mass is 243 g/mol. The first kappa shape index (κ1) is 14.2. The van der Waals surface area contributed by atoms with Gasteiger partial charge in [0.15, 0.2) is 0 Å². The third kappa shape index (κ3) is 3.12. The van der Waals surface area contributed by atoms with Crippen molar-refractivity contribution < 1.29 is 42.5 Å². The van der Waals surface area contributed by atoms with Crippen LogP contribution in [0.5, 0.6) is 0 Å². The van der Waals surface area contributed by atoms with Gasteiger partial charge in [-0.2, -0.15) is 0 Å². The van der Waals surface area contributed by atoms with Crippen molar-refractivity contribution in [2.45, 2.75) is 11.8 Å². The second-order valence-corrected chi connectivity index (χ2v) is 4.37. The van der Waals surface area contributed by atoms with Crippen LogP contribution in [0.3, 0.4) is 0 Å². The predicted octanol–water partition coefficient (Wildman–Crippen LogP) is -1.86. The molecule has 0 aliphatic rings. The average Bonchev–Trinajstić information content (AvgIpc) is 1.94. The minimum absolute atomic E-state index is 0. The molecule has 0 heterocycles. The number of anilines is 1. The molecule has 14 heavy (non-hydrogen) atoms. The molecule has 72 valence electrons. The van der Waals surface area contributed by atoms with Crippen molar-refractivity contribution in [3.8, 4) is 0 Å². The van der Waals surface area contributed by atoms with Gasteiger partial charge in [-0.25, -0.2) is 8.42 Å². The fraction of sp³-hybridized carbons (Fsp3) is 0.143. The molecule has 1 rings (SSSR count). The van der Waals surface area contributed by atoms with Crippen molar-refractivity contribution in [3.63, 3.8) is 0 Å². The number of aryl methyl sites for hydroxylation is 1. The van der Waals surface area contributed by atoms with Gasteiger partial charge in [0.25, 0.3) is 0 Å². The molecule has 0 bridgehead atoms. The van der Waals surface area contributed by atoms with Crippen LogP contribution in [-0.4, -0.2) is 13.0 Å². The Labute approximate surface area is 109 Å². The topological polar surface area (TPSA) is 83.2 Å². The molecule has 0 saturated carbocycles. The van der Waals surface area contributed by atoms with Crippen LogP contribution in [0.15, 0.2) is 17.0 Å². The van der Waals surface area contributed by atoms with Crippen LogP contribution in [-0.2, 0) is 10.1 Å². The third-order valence-electron chi connectivity index (χ3n) is 1.58. The van der Waals surface area contributed by atoms with E-state index in [0.29, 0.717) is 5.56 Å². The van der Waals surface area contributed by atoms with Crippen LogP contribution in [0.4, 0.5) is 5.69 Å². The van der Waals surface area contributed by atoms with Crippen LogP contribution in [0.1, 0.15) is 5.56 Å². The van der Waals surface area contributed by atoms with Crippen LogP contribution in [0, 0.1) is 6.92 Å². The van der Waals surface area contributed by atoms with Gasteiger partial charge in [0.2, 0.25) is 0 Å². The fourth-order valence-electron chi connectivity index (χ4n) is 0.930. The molecule has 0 fully saturated rings. The van der Waals surface area contributed by atoms with Gasteiger partial charge in [-0.1, -0.05) is 11.6 Å². The average molecular weight is 244 g/mol. The first-order valence-corrected chi connectivity index (χ1v) is 5.12. The Hall–Kier alpha value is 0.220. The molecule has 0 saturated heterocycles. The Kier molecular flexibility index (Phi) is 4.90.